The van der Waals surface area contributed by atoms with Crippen LogP contribution in [0.1, 0.15) is 39.4 Å². The molecule has 0 saturated carbocycles. The molecule has 1 rings (SSSR count). The number of aliphatic hydroxyl groups is 2. The van der Waals surface area contributed by atoms with Gasteiger partial charge in [-0.05, 0) is 45.4 Å². The van der Waals surface area contributed by atoms with E-state index in [4.69, 9.17) is 9.84 Å². The Bertz CT molecular complexity index is 373. The van der Waals surface area contributed by atoms with E-state index in [1.807, 2.05) is 52.0 Å². The zero-order valence-corrected chi connectivity index (χ0v) is 12.2. The normalized spacial score (nSPS) is 13.6. The summed E-state index contributed by atoms with van der Waals surface area (Å²) in [7, 11) is 0. The molecular weight excluding hydrogens is 242 g/mol. The van der Waals surface area contributed by atoms with E-state index >= 15 is 0 Å². The van der Waals surface area contributed by atoms with Crippen LogP contribution in [0.4, 0.5) is 0 Å². The fourth-order valence-electron chi connectivity index (χ4n) is 1.59. The van der Waals surface area contributed by atoms with Gasteiger partial charge in [0.25, 0.3) is 0 Å². The highest BCUT2D eigenvalue weighted by molar-refractivity contribution is 5.28. The number of hydrogen-bond acceptors (Lipinski definition) is 4. The smallest absolute Gasteiger partial charge is 0.119 e. The monoisotopic (exact) mass is 267 g/mol. The lowest BCUT2D eigenvalue weighted by atomic mass is 10.0. The highest BCUT2D eigenvalue weighted by Crippen LogP contribution is 2.18. The summed E-state index contributed by atoms with van der Waals surface area (Å²) in [5.41, 5.74) is 0.444. The Labute approximate surface area is 115 Å². The zero-order valence-electron chi connectivity index (χ0n) is 12.2. The molecule has 0 spiro atoms. The lowest BCUT2D eigenvalue weighted by Crippen LogP contribution is -2.44. The first-order chi connectivity index (χ1) is 8.84. The van der Waals surface area contributed by atoms with Crippen molar-refractivity contribution in [3.8, 4) is 5.75 Å². The van der Waals surface area contributed by atoms with Crippen LogP contribution in [-0.4, -0.2) is 35.0 Å². The van der Waals surface area contributed by atoms with Gasteiger partial charge in [-0.3, -0.25) is 0 Å². The second-order valence-corrected chi connectivity index (χ2v) is 5.67. The molecule has 19 heavy (non-hydrogen) atoms. The van der Waals surface area contributed by atoms with E-state index in [1.54, 1.807) is 0 Å². The van der Waals surface area contributed by atoms with Gasteiger partial charge in [0.05, 0.1) is 18.8 Å². The quantitative estimate of drug-likeness (QED) is 0.706. The first-order valence-electron chi connectivity index (χ1n) is 6.64. The summed E-state index contributed by atoms with van der Waals surface area (Å²) in [6.07, 6.45) is -0.457. The molecule has 3 N–H and O–H groups in total. The van der Waals surface area contributed by atoms with Crippen molar-refractivity contribution < 1.29 is 14.9 Å². The number of nitrogens with one attached hydrogen (secondary N) is 1. The molecule has 4 heteroatoms. The molecule has 0 saturated heterocycles. The number of ether oxygens (including phenoxy) is 1. The third-order valence-electron chi connectivity index (χ3n) is 2.81. The first kappa shape index (κ1) is 16.0. The Morgan fingerprint density at radius 1 is 1.21 bits per heavy atom. The summed E-state index contributed by atoms with van der Waals surface area (Å²) in [5.74, 6) is 0.801. The summed E-state index contributed by atoms with van der Waals surface area (Å²) < 4.78 is 5.55. The van der Waals surface area contributed by atoms with E-state index in [0.29, 0.717) is 6.54 Å². The summed E-state index contributed by atoms with van der Waals surface area (Å²) in [4.78, 5) is 0. The number of rotatable bonds is 7. The van der Waals surface area contributed by atoms with Crippen molar-refractivity contribution >= 4 is 0 Å². The predicted octanol–water partition coefficient (Wildman–Crippen LogP) is 1.87. The molecule has 0 radical (unpaired) electrons. The van der Waals surface area contributed by atoms with Gasteiger partial charge < -0.3 is 20.3 Å². The number of β-amino-alcohol motifs (C(OH)–C–C–N with tert-alkyl or cyclic N) is 1. The lowest BCUT2D eigenvalue weighted by Gasteiger charge is -2.25. The Kier molecular flexibility index (Phi) is 5.79. The molecule has 0 bridgehead atoms. The maximum Gasteiger partial charge on any atom is 0.119 e. The molecule has 0 heterocycles. The Balaban J connectivity index is 2.55. The van der Waals surface area contributed by atoms with Crippen LogP contribution in [0.5, 0.6) is 5.75 Å². The van der Waals surface area contributed by atoms with Crippen LogP contribution in [0.25, 0.3) is 0 Å². The van der Waals surface area contributed by atoms with Crippen LogP contribution in [0.2, 0.25) is 0 Å². The minimum absolute atomic E-state index is 0.0287. The SMILES string of the molecule is CC(C)Oc1ccc(C(O)CNC(C)(C)CO)cc1. The fourth-order valence-corrected chi connectivity index (χ4v) is 1.59. The molecule has 1 aromatic rings. The zero-order chi connectivity index (χ0) is 14.5. The summed E-state index contributed by atoms with van der Waals surface area (Å²) in [6.45, 7) is 8.16. The van der Waals surface area contributed by atoms with E-state index in [-0.39, 0.29) is 18.2 Å². The molecule has 4 nitrogen and oxygen atoms in total. The molecule has 0 amide bonds. The van der Waals surface area contributed by atoms with Crippen LogP contribution in [0, 0.1) is 0 Å². The molecule has 0 aliphatic rings. The molecular formula is C15H25NO3. The Hall–Kier alpha value is -1.10. The number of hydrogen-bond donors (Lipinski definition) is 3. The molecule has 0 aromatic heterocycles. The molecule has 0 aliphatic heterocycles. The van der Waals surface area contributed by atoms with E-state index in [2.05, 4.69) is 5.32 Å². The first-order valence-corrected chi connectivity index (χ1v) is 6.64. The third-order valence-corrected chi connectivity index (χ3v) is 2.81. The minimum Gasteiger partial charge on any atom is -0.491 e. The summed E-state index contributed by atoms with van der Waals surface area (Å²) >= 11 is 0. The lowest BCUT2D eigenvalue weighted by molar-refractivity contribution is 0.136. The minimum atomic E-state index is -0.598. The average Bonchev–Trinajstić information content (AvgIpc) is 2.36. The van der Waals surface area contributed by atoms with Gasteiger partial charge in [0.15, 0.2) is 0 Å². The van der Waals surface area contributed by atoms with Gasteiger partial charge in [0.1, 0.15) is 5.75 Å². The predicted molar refractivity (Wildman–Crippen MR) is 76.3 cm³/mol. The number of aliphatic hydroxyl groups excluding tert-OH is 2. The molecule has 1 aromatic carbocycles. The molecule has 1 unspecified atom stereocenters. The molecule has 1 atom stereocenters. The molecule has 0 fully saturated rings. The van der Waals surface area contributed by atoms with Crippen molar-refractivity contribution in [2.75, 3.05) is 13.2 Å². The van der Waals surface area contributed by atoms with Crippen molar-refractivity contribution in [1.82, 2.24) is 5.32 Å². The van der Waals surface area contributed by atoms with Gasteiger partial charge in [0.2, 0.25) is 0 Å². The summed E-state index contributed by atoms with van der Waals surface area (Å²) in [5, 5.41) is 22.3. The van der Waals surface area contributed by atoms with Crippen LogP contribution in [0.15, 0.2) is 24.3 Å². The van der Waals surface area contributed by atoms with E-state index in [0.717, 1.165) is 11.3 Å². The van der Waals surface area contributed by atoms with Crippen molar-refractivity contribution in [2.45, 2.75) is 45.4 Å². The van der Waals surface area contributed by atoms with Crippen molar-refractivity contribution in [1.29, 1.82) is 0 Å². The molecule has 0 aliphatic carbocycles. The van der Waals surface area contributed by atoms with Crippen molar-refractivity contribution in [3.05, 3.63) is 29.8 Å². The van der Waals surface area contributed by atoms with Crippen LogP contribution < -0.4 is 10.1 Å². The van der Waals surface area contributed by atoms with Crippen molar-refractivity contribution in [2.24, 2.45) is 0 Å². The van der Waals surface area contributed by atoms with Gasteiger partial charge >= 0.3 is 0 Å². The third kappa shape index (κ3) is 5.59. The topological polar surface area (TPSA) is 61.7 Å². The van der Waals surface area contributed by atoms with E-state index in [1.165, 1.54) is 0 Å². The standard InChI is InChI=1S/C15H25NO3/c1-11(2)19-13-7-5-12(6-8-13)14(18)9-16-15(3,4)10-17/h5-8,11,14,16-18H,9-10H2,1-4H3. The highest BCUT2D eigenvalue weighted by Gasteiger charge is 2.17. The van der Waals surface area contributed by atoms with Crippen LogP contribution in [0.3, 0.4) is 0 Å². The van der Waals surface area contributed by atoms with Gasteiger partial charge in [-0.25, -0.2) is 0 Å². The van der Waals surface area contributed by atoms with Crippen molar-refractivity contribution in [3.63, 3.8) is 0 Å². The maximum absolute atomic E-state index is 10.1. The fraction of sp³-hybridized carbons (Fsp3) is 0.600. The summed E-state index contributed by atoms with van der Waals surface area (Å²) in [6, 6.07) is 7.43. The van der Waals surface area contributed by atoms with Gasteiger partial charge in [-0.1, -0.05) is 12.1 Å². The highest BCUT2D eigenvalue weighted by atomic mass is 16.5. The maximum atomic E-state index is 10.1. The Morgan fingerprint density at radius 3 is 2.26 bits per heavy atom. The van der Waals surface area contributed by atoms with Gasteiger partial charge in [-0.15, -0.1) is 0 Å². The second-order valence-electron chi connectivity index (χ2n) is 5.67. The number of benzene rings is 1. The Morgan fingerprint density at radius 2 is 1.79 bits per heavy atom. The van der Waals surface area contributed by atoms with Crippen LogP contribution >= 0.6 is 0 Å². The van der Waals surface area contributed by atoms with E-state index in [9.17, 15) is 5.11 Å². The van der Waals surface area contributed by atoms with Gasteiger partial charge in [-0.2, -0.15) is 0 Å². The average molecular weight is 267 g/mol. The second kappa shape index (κ2) is 6.89. The molecule has 108 valence electrons. The van der Waals surface area contributed by atoms with Gasteiger partial charge in [0, 0.05) is 12.1 Å². The van der Waals surface area contributed by atoms with Crippen LogP contribution in [-0.2, 0) is 0 Å². The largest absolute Gasteiger partial charge is 0.491 e. The van der Waals surface area contributed by atoms with E-state index < -0.39 is 6.10 Å².